The molecule has 2 heterocycles. The van der Waals surface area contributed by atoms with E-state index in [1.54, 1.807) is 13.3 Å². The number of pyridine rings is 1. The van der Waals surface area contributed by atoms with Crippen molar-refractivity contribution in [2.75, 3.05) is 20.3 Å². The quantitative estimate of drug-likeness (QED) is 0.646. The van der Waals surface area contributed by atoms with Gasteiger partial charge in [-0.25, -0.2) is 4.98 Å². The van der Waals surface area contributed by atoms with E-state index >= 15 is 0 Å². The molecule has 13 heavy (non-hydrogen) atoms. The van der Waals surface area contributed by atoms with Gasteiger partial charge in [-0.15, -0.1) is 0 Å². The zero-order chi connectivity index (χ0) is 9.10. The SMILES string of the molecule is COc1ncccc1OCC1CO1. The second-order valence-electron chi connectivity index (χ2n) is 2.78. The normalized spacial score (nSPS) is 19.6. The summed E-state index contributed by atoms with van der Waals surface area (Å²) >= 11 is 0. The van der Waals surface area contributed by atoms with Gasteiger partial charge in [0.05, 0.1) is 13.7 Å². The fourth-order valence-corrected chi connectivity index (χ4v) is 0.986. The Bertz CT molecular complexity index is 286. The van der Waals surface area contributed by atoms with E-state index in [-0.39, 0.29) is 6.10 Å². The Morgan fingerprint density at radius 1 is 1.69 bits per heavy atom. The molecule has 1 unspecified atom stereocenters. The van der Waals surface area contributed by atoms with Gasteiger partial charge in [-0.3, -0.25) is 0 Å². The molecular formula is C9H11NO3. The van der Waals surface area contributed by atoms with Crippen LogP contribution in [0.1, 0.15) is 0 Å². The third kappa shape index (κ3) is 2.09. The van der Waals surface area contributed by atoms with Gasteiger partial charge >= 0.3 is 0 Å². The average Bonchev–Trinajstić information content (AvgIpc) is 2.99. The Morgan fingerprint density at radius 2 is 2.54 bits per heavy atom. The number of epoxide rings is 1. The van der Waals surface area contributed by atoms with E-state index in [1.807, 2.05) is 12.1 Å². The number of hydrogen-bond donors (Lipinski definition) is 0. The minimum absolute atomic E-state index is 0.255. The molecule has 0 spiro atoms. The van der Waals surface area contributed by atoms with Crippen molar-refractivity contribution in [2.45, 2.75) is 6.10 Å². The summed E-state index contributed by atoms with van der Waals surface area (Å²) in [5.41, 5.74) is 0. The van der Waals surface area contributed by atoms with Gasteiger partial charge in [0, 0.05) is 6.20 Å². The number of hydrogen-bond acceptors (Lipinski definition) is 4. The maximum atomic E-state index is 5.44. The molecular weight excluding hydrogens is 170 g/mol. The van der Waals surface area contributed by atoms with E-state index in [0.29, 0.717) is 18.2 Å². The minimum atomic E-state index is 0.255. The lowest BCUT2D eigenvalue weighted by Gasteiger charge is -2.07. The first kappa shape index (κ1) is 8.31. The van der Waals surface area contributed by atoms with E-state index < -0.39 is 0 Å². The van der Waals surface area contributed by atoms with Crippen LogP contribution in [-0.4, -0.2) is 31.4 Å². The summed E-state index contributed by atoms with van der Waals surface area (Å²) in [6, 6.07) is 3.64. The molecule has 4 nitrogen and oxygen atoms in total. The average molecular weight is 181 g/mol. The van der Waals surface area contributed by atoms with Crippen molar-refractivity contribution in [3.8, 4) is 11.6 Å². The summed E-state index contributed by atoms with van der Waals surface area (Å²) in [6.45, 7) is 1.37. The van der Waals surface area contributed by atoms with Gasteiger partial charge in [0.2, 0.25) is 0 Å². The third-order valence-electron chi connectivity index (χ3n) is 1.76. The summed E-state index contributed by atoms with van der Waals surface area (Å²) in [7, 11) is 1.57. The van der Waals surface area contributed by atoms with Crippen LogP contribution in [0.25, 0.3) is 0 Å². The van der Waals surface area contributed by atoms with Crippen LogP contribution in [0.4, 0.5) is 0 Å². The van der Waals surface area contributed by atoms with E-state index in [9.17, 15) is 0 Å². The van der Waals surface area contributed by atoms with Crippen LogP contribution in [0.3, 0.4) is 0 Å². The molecule has 4 heteroatoms. The van der Waals surface area contributed by atoms with Gasteiger partial charge in [-0.2, -0.15) is 0 Å². The Morgan fingerprint density at radius 3 is 3.23 bits per heavy atom. The highest BCUT2D eigenvalue weighted by Crippen LogP contribution is 2.23. The number of methoxy groups -OCH3 is 1. The van der Waals surface area contributed by atoms with Gasteiger partial charge in [-0.05, 0) is 12.1 Å². The van der Waals surface area contributed by atoms with Crippen molar-refractivity contribution in [1.82, 2.24) is 4.98 Å². The Balaban J connectivity index is 1.99. The maximum absolute atomic E-state index is 5.44. The topological polar surface area (TPSA) is 43.9 Å². The monoisotopic (exact) mass is 181 g/mol. The van der Waals surface area contributed by atoms with Crippen LogP contribution in [0, 0.1) is 0 Å². The van der Waals surface area contributed by atoms with Crippen LogP contribution in [0.15, 0.2) is 18.3 Å². The first-order valence-electron chi connectivity index (χ1n) is 4.13. The number of aromatic nitrogens is 1. The van der Waals surface area contributed by atoms with Crippen molar-refractivity contribution in [1.29, 1.82) is 0 Å². The molecule has 1 aromatic heterocycles. The Labute approximate surface area is 76.4 Å². The highest BCUT2D eigenvalue weighted by Gasteiger charge is 2.23. The summed E-state index contributed by atoms with van der Waals surface area (Å²) in [6.07, 6.45) is 1.92. The molecule has 1 aromatic rings. The molecule has 1 aliphatic rings. The lowest BCUT2D eigenvalue weighted by molar-refractivity contribution is 0.249. The first-order chi connectivity index (χ1) is 6.40. The second kappa shape index (κ2) is 3.62. The Kier molecular flexibility index (Phi) is 2.31. The molecule has 1 aliphatic heterocycles. The van der Waals surface area contributed by atoms with Crippen molar-refractivity contribution < 1.29 is 14.2 Å². The number of rotatable bonds is 4. The molecule has 70 valence electrons. The molecule has 1 atom stereocenters. The predicted molar refractivity (Wildman–Crippen MR) is 46.0 cm³/mol. The van der Waals surface area contributed by atoms with Gasteiger partial charge in [-0.1, -0.05) is 0 Å². The molecule has 0 saturated carbocycles. The van der Waals surface area contributed by atoms with Crippen molar-refractivity contribution >= 4 is 0 Å². The molecule has 2 rings (SSSR count). The molecule has 0 radical (unpaired) electrons. The van der Waals surface area contributed by atoms with E-state index in [0.717, 1.165) is 6.61 Å². The van der Waals surface area contributed by atoms with Gasteiger partial charge < -0.3 is 14.2 Å². The van der Waals surface area contributed by atoms with Crippen LogP contribution < -0.4 is 9.47 Å². The fraction of sp³-hybridized carbons (Fsp3) is 0.444. The van der Waals surface area contributed by atoms with Crippen molar-refractivity contribution in [3.05, 3.63) is 18.3 Å². The molecule has 0 aliphatic carbocycles. The van der Waals surface area contributed by atoms with Gasteiger partial charge in [0.25, 0.3) is 5.88 Å². The van der Waals surface area contributed by atoms with Gasteiger partial charge in [0.15, 0.2) is 5.75 Å². The fourth-order valence-electron chi connectivity index (χ4n) is 0.986. The third-order valence-corrected chi connectivity index (χ3v) is 1.76. The highest BCUT2D eigenvalue weighted by atomic mass is 16.6. The molecule has 0 aromatic carbocycles. The predicted octanol–water partition coefficient (Wildman–Crippen LogP) is 0.868. The van der Waals surface area contributed by atoms with Crippen molar-refractivity contribution in [2.24, 2.45) is 0 Å². The molecule has 0 bridgehead atoms. The molecule has 1 fully saturated rings. The first-order valence-corrected chi connectivity index (χ1v) is 4.13. The smallest absolute Gasteiger partial charge is 0.256 e. The van der Waals surface area contributed by atoms with E-state index in [4.69, 9.17) is 14.2 Å². The maximum Gasteiger partial charge on any atom is 0.256 e. The standard InChI is InChI=1S/C9H11NO3/c1-11-9-8(3-2-4-10-9)13-6-7-5-12-7/h2-4,7H,5-6H2,1H3. The van der Waals surface area contributed by atoms with Gasteiger partial charge in [0.1, 0.15) is 12.7 Å². The lowest BCUT2D eigenvalue weighted by atomic mass is 10.4. The highest BCUT2D eigenvalue weighted by molar-refractivity contribution is 5.32. The minimum Gasteiger partial charge on any atom is -0.485 e. The van der Waals surface area contributed by atoms with Crippen LogP contribution >= 0.6 is 0 Å². The zero-order valence-corrected chi connectivity index (χ0v) is 7.40. The molecule has 1 saturated heterocycles. The van der Waals surface area contributed by atoms with Crippen molar-refractivity contribution in [3.63, 3.8) is 0 Å². The molecule has 0 amide bonds. The summed E-state index contributed by atoms with van der Waals surface area (Å²) in [4.78, 5) is 4.01. The summed E-state index contributed by atoms with van der Waals surface area (Å²) < 4.78 is 15.5. The lowest BCUT2D eigenvalue weighted by Crippen LogP contribution is -2.05. The largest absolute Gasteiger partial charge is 0.485 e. The summed E-state index contributed by atoms with van der Waals surface area (Å²) in [5, 5.41) is 0. The zero-order valence-electron chi connectivity index (χ0n) is 7.40. The van der Waals surface area contributed by atoms with Crippen LogP contribution in [0.5, 0.6) is 11.6 Å². The van der Waals surface area contributed by atoms with E-state index in [1.165, 1.54) is 0 Å². The van der Waals surface area contributed by atoms with E-state index in [2.05, 4.69) is 4.98 Å². The van der Waals surface area contributed by atoms with Crippen LogP contribution in [0.2, 0.25) is 0 Å². The Hall–Kier alpha value is -1.29. The number of nitrogens with zero attached hydrogens (tertiary/aromatic N) is 1. The molecule has 0 N–H and O–H groups in total. The summed E-state index contributed by atoms with van der Waals surface area (Å²) in [5.74, 6) is 1.18. The number of ether oxygens (including phenoxy) is 3. The second-order valence-corrected chi connectivity index (χ2v) is 2.78. The van der Waals surface area contributed by atoms with Crippen LogP contribution in [-0.2, 0) is 4.74 Å².